The highest BCUT2D eigenvalue weighted by molar-refractivity contribution is 7.92. The predicted octanol–water partition coefficient (Wildman–Crippen LogP) is 3.51. The third-order valence-corrected chi connectivity index (χ3v) is 5.83. The fraction of sp³-hybridized carbons (Fsp3) is 0.238. The van der Waals surface area contributed by atoms with Gasteiger partial charge >= 0.3 is 5.97 Å². The van der Waals surface area contributed by atoms with Crippen LogP contribution in [0.2, 0.25) is 0 Å². The molecule has 29 heavy (non-hydrogen) atoms. The van der Waals surface area contributed by atoms with Gasteiger partial charge < -0.3 is 10.1 Å². The summed E-state index contributed by atoms with van der Waals surface area (Å²) in [5, 5.41) is 2.60. The molecule has 0 aromatic heterocycles. The molecule has 2 aromatic carbocycles. The van der Waals surface area contributed by atoms with E-state index in [4.69, 9.17) is 4.74 Å². The standard InChI is InChI=1S/C21H24N2O5S/c1-5-13-23(20-12-7-17(14-15(20)3)21(25)28-6-2)29(26,27)19-10-8-18(9-11-19)22-16(4)24/h5,7-12,14H,1,6,13H2,2-4H3,(H,22,24). The van der Waals surface area contributed by atoms with Crippen molar-refractivity contribution in [3.05, 3.63) is 66.2 Å². The van der Waals surface area contributed by atoms with Gasteiger partial charge in [-0.1, -0.05) is 6.08 Å². The van der Waals surface area contributed by atoms with Crippen LogP contribution in [0.25, 0.3) is 0 Å². The zero-order valence-corrected chi connectivity index (χ0v) is 17.5. The Kier molecular flexibility index (Phi) is 7.17. The molecule has 154 valence electrons. The van der Waals surface area contributed by atoms with E-state index in [1.807, 2.05) is 0 Å². The lowest BCUT2D eigenvalue weighted by molar-refractivity contribution is -0.114. The van der Waals surface area contributed by atoms with Gasteiger partial charge in [-0.25, -0.2) is 13.2 Å². The molecule has 1 amide bonds. The van der Waals surface area contributed by atoms with Gasteiger partial charge in [-0.15, -0.1) is 6.58 Å². The molecular formula is C21H24N2O5S. The highest BCUT2D eigenvalue weighted by Gasteiger charge is 2.25. The first-order valence-corrected chi connectivity index (χ1v) is 10.4. The highest BCUT2D eigenvalue weighted by atomic mass is 32.2. The second kappa shape index (κ2) is 9.38. The van der Waals surface area contributed by atoms with Gasteiger partial charge in [0, 0.05) is 12.6 Å². The molecule has 0 spiro atoms. The second-order valence-corrected chi connectivity index (χ2v) is 8.11. The number of esters is 1. The normalized spacial score (nSPS) is 10.9. The zero-order valence-electron chi connectivity index (χ0n) is 16.6. The van der Waals surface area contributed by atoms with Gasteiger partial charge in [0.2, 0.25) is 5.91 Å². The Labute approximate surface area is 171 Å². The largest absolute Gasteiger partial charge is 0.462 e. The number of anilines is 2. The van der Waals surface area contributed by atoms with Gasteiger partial charge in [-0.3, -0.25) is 9.10 Å². The van der Waals surface area contributed by atoms with Crippen LogP contribution in [0, 0.1) is 6.92 Å². The number of rotatable bonds is 8. The number of benzene rings is 2. The minimum Gasteiger partial charge on any atom is -0.462 e. The van der Waals surface area contributed by atoms with E-state index in [1.54, 1.807) is 26.0 Å². The Morgan fingerprint density at radius 3 is 2.34 bits per heavy atom. The van der Waals surface area contributed by atoms with Crippen molar-refractivity contribution >= 4 is 33.3 Å². The summed E-state index contributed by atoms with van der Waals surface area (Å²) in [6.07, 6.45) is 1.49. The zero-order chi connectivity index (χ0) is 21.6. The van der Waals surface area contributed by atoms with Crippen molar-refractivity contribution in [2.24, 2.45) is 0 Å². The summed E-state index contributed by atoms with van der Waals surface area (Å²) < 4.78 is 32.7. The summed E-state index contributed by atoms with van der Waals surface area (Å²) in [7, 11) is -3.89. The average Bonchev–Trinajstić information content (AvgIpc) is 2.66. The van der Waals surface area contributed by atoms with Crippen LogP contribution in [0.5, 0.6) is 0 Å². The number of nitrogens with one attached hydrogen (secondary N) is 1. The molecule has 0 bridgehead atoms. The molecule has 0 aliphatic heterocycles. The van der Waals surface area contributed by atoms with Gasteiger partial charge in [0.05, 0.1) is 29.3 Å². The van der Waals surface area contributed by atoms with E-state index in [1.165, 1.54) is 47.6 Å². The lowest BCUT2D eigenvalue weighted by atomic mass is 10.1. The van der Waals surface area contributed by atoms with Gasteiger partial charge in [-0.2, -0.15) is 0 Å². The van der Waals surface area contributed by atoms with E-state index in [0.29, 0.717) is 22.5 Å². The minimum atomic E-state index is -3.89. The number of amides is 1. The fourth-order valence-electron chi connectivity index (χ4n) is 2.76. The number of carbonyl (C=O) groups is 2. The lowest BCUT2D eigenvalue weighted by Crippen LogP contribution is -2.31. The van der Waals surface area contributed by atoms with Crippen molar-refractivity contribution in [1.29, 1.82) is 0 Å². The molecule has 0 saturated carbocycles. The maximum Gasteiger partial charge on any atom is 0.338 e. The number of carbonyl (C=O) groups excluding carboxylic acids is 2. The van der Waals surface area contributed by atoms with Crippen molar-refractivity contribution < 1.29 is 22.7 Å². The molecule has 0 heterocycles. The average molecular weight is 416 g/mol. The molecule has 2 rings (SSSR count). The molecule has 2 aromatic rings. The highest BCUT2D eigenvalue weighted by Crippen LogP contribution is 2.28. The monoisotopic (exact) mass is 416 g/mol. The van der Waals surface area contributed by atoms with Crippen LogP contribution in [0.4, 0.5) is 11.4 Å². The van der Waals surface area contributed by atoms with Gasteiger partial charge in [0.1, 0.15) is 0 Å². The summed E-state index contributed by atoms with van der Waals surface area (Å²) in [5.41, 5.74) is 1.89. The van der Waals surface area contributed by atoms with Crippen LogP contribution in [0.15, 0.2) is 60.0 Å². The third-order valence-electron chi connectivity index (χ3n) is 4.03. The van der Waals surface area contributed by atoms with Gasteiger partial charge in [-0.05, 0) is 61.9 Å². The summed E-state index contributed by atoms with van der Waals surface area (Å²) in [4.78, 5) is 23.1. The van der Waals surface area contributed by atoms with Crippen molar-refractivity contribution in [3.8, 4) is 0 Å². The molecule has 0 unspecified atom stereocenters. The van der Waals surface area contributed by atoms with E-state index in [9.17, 15) is 18.0 Å². The lowest BCUT2D eigenvalue weighted by Gasteiger charge is -2.25. The van der Waals surface area contributed by atoms with E-state index in [0.717, 1.165) is 0 Å². The van der Waals surface area contributed by atoms with Crippen molar-refractivity contribution in [3.63, 3.8) is 0 Å². The Morgan fingerprint density at radius 2 is 1.83 bits per heavy atom. The predicted molar refractivity (Wildman–Crippen MR) is 113 cm³/mol. The van der Waals surface area contributed by atoms with Crippen molar-refractivity contribution in [2.45, 2.75) is 25.7 Å². The van der Waals surface area contributed by atoms with E-state index in [-0.39, 0.29) is 24.0 Å². The first kappa shape index (κ1) is 22.2. The summed E-state index contributed by atoms with van der Waals surface area (Å²) in [5.74, 6) is -0.708. The first-order chi connectivity index (χ1) is 13.7. The Balaban J connectivity index is 2.43. The summed E-state index contributed by atoms with van der Waals surface area (Å²) in [6, 6.07) is 10.6. The molecule has 1 N–H and O–H groups in total. The van der Waals surface area contributed by atoms with Gasteiger partial charge in [0.15, 0.2) is 0 Å². The molecule has 0 aliphatic carbocycles. The summed E-state index contributed by atoms with van der Waals surface area (Å²) in [6.45, 7) is 8.77. The Bertz CT molecular complexity index is 1010. The third kappa shape index (κ3) is 5.23. The Hall–Kier alpha value is -3.13. The topological polar surface area (TPSA) is 92.8 Å². The molecule has 0 radical (unpaired) electrons. The van der Waals surface area contributed by atoms with Crippen molar-refractivity contribution in [2.75, 3.05) is 22.8 Å². The van der Waals surface area contributed by atoms with Crippen LogP contribution >= 0.6 is 0 Å². The number of ether oxygens (including phenoxy) is 1. The number of hydrogen-bond acceptors (Lipinski definition) is 5. The maximum absolute atomic E-state index is 13.2. The van der Waals surface area contributed by atoms with Crippen molar-refractivity contribution in [1.82, 2.24) is 0 Å². The second-order valence-electron chi connectivity index (χ2n) is 6.25. The SMILES string of the molecule is C=CCN(c1ccc(C(=O)OCC)cc1C)S(=O)(=O)c1ccc(NC(C)=O)cc1. The molecule has 0 saturated heterocycles. The number of aryl methyl sites for hydroxylation is 1. The molecule has 0 aliphatic rings. The molecule has 8 heteroatoms. The van der Waals surface area contributed by atoms with Crippen LogP contribution in [-0.2, 0) is 19.6 Å². The molecule has 7 nitrogen and oxygen atoms in total. The molecule has 0 atom stereocenters. The van der Waals surface area contributed by atoms with E-state index >= 15 is 0 Å². The van der Waals surface area contributed by atoms with Crippen LogP contribution in [0.1, 0.15) is 29.8 Å². The van der Waals surface area contributed by atoms with Crippen LogP contribution in [-0.4, -0.2) is 33.4 Å². The number of hydrogen-bond donors (Lipinski definition) is 1. The quantitative estimate of drug-likeness (QED) is 0.525. The minimum absolute atomic E-state index is 0.0510. The fourth-order valence-corrected chi connectivity index (χ4v) is 4.26. The van der Waals surface area contributed by atoms with Crippen LogP contribution in [0.3, 0.4) is 0 Å². The summed E-state index contributed by atoms with van der Waals surface area (Å²) >= 11 is 0. The maximum atomic E-state index is 13.2. The van der Waals surface area contributed by atoms with Crippen LogP contribution < -0.4 is 9.62 Å². The van der Waals surface area contributed by atoms with E-state index in [2.05, 4.69) is 11.9 Å². The van der Waals surface area contributed by atoms with E-state index < -0.39 is 16.0 Å². The van der Waals surface area contributed by atoms with Gasteiger partial charge in [0.25, 0.3) is 10.0 Å². The Morgan fingerprint density at radius 1 is 1.17 bits per heavy atom. The first-order valence-electron chi connectivity index (χ1n) is 8.99. The molecule has 0 fully saturated rings. The smallest absolute Gasteiger partial charge is 0.338 e. The number of sulfonamides is 1. The molecular weight excluding hydrogens is 392 g/mol. The number of nitrogens with zero attached hydrogens (tertiary/aromatic N) is 1.